The highest BCUT2D eigenvalue weighted by atomic mass is 16.5. The second kappa shape index (κ2) is 12.1. The molecule has 4 fully saturated rings. The molecule has 4 aliphatic rings. The quantitative estimate of drug-likeness (QED) is 0.282. The maximum absolute atomic E-state index is 12.4. The number of hydrogen-bond acceptors (Lipinski definition) is 4. The van der Waals surface area contributed by atoms with Gasteiger partial charge in [0.25, 0.3) is 0 Å². The molecular formula is C37H59NO4. The Hall–Kier alpha value is -1.59. The van der Waals surface area contributed by atoms with Crippen LogP contribution in [0, 0.1) is 52.3 Å². The largest absolute Gasteiger partial charge is 0.449 e. The first-order valence-electron chi connectivity index (χ1n) is 17.2. The van der Waals surface area contributed by atoms with E-state index in [1.807, 2.05) is 12.1 Å². The lowest BCUT2D eigenvalue weighted by atomic mass is 9.41. The number of benzene rings is 1. The van der Waals surface area contributed by atoms with Gasteiger partial charge in [-0.05, 0) is 133 Å². The fraction of sp³-hybridized carbons (Fsp3) is 0.811. The zero-order valence-electron chi connectivity index (χ0n) is 27.5. The number of anilines is 1. The summed E-state index contributed by atoms with van der Waals surface area (Å²) in [5, 5.41) is 25.4. The zero-order chi connectivity index (χ0) is 30.4. The smallest absolute Gasteiger partial charge is 0.411 e. The van der Waals surface area contributed by atoms with Crippen LogP contribution in [0.3, 0.4) is 0 Å². The molecule has 11 atom stereocenters. The van der Waals surface area contributed by atoms with Crippen molar-refractivity contribution in [2.45, 2.75) is 130 Å². The van der Waals surface area contributed by atoms with E-state index in [1.165, 1.54) is 31.2 Å². The average molecular weight is 582 g/mol. The molecule has 236 valence electrons. The van der Waals surface area contributed by atoms with E-state index in [-0.39, 0.29) is 34.5 Å². The van der Waals surface area contributed by atoms with Crippen molar-refractivity contribution in [3.63, 3.8) is 0 Å². The molecule has 0 aliphatic heterocycles. The Morgan fingerprint density at radius 2 is 1.67 bits per heavy atom. The number of ether oxygens (including phenoxy) is 1. The molecule has 3 N–H and O–H groups in total. The molecule has 0 heterocycles. The Kier molecular flexibility index (Phi) is 9.14. The molecule has 42 heavy (non-hydrogen) atoms. The average Bonchev–Trinajstić information content (AvgIpc) is 3.29. The molecule has 0 spiro atoms. The molecule has 0 aromatic heterocycles. The molecule has 5 nitrogen and oxygen atoms in total. The summed E-state index contributed by atoms with van der Waals surface area (Å²) < 4.78 is 5.57. The first-order chi connectivity index (χ1) is 19.8. The number of nitrogens with one attached hydrogen (secondary N) is 1. The maximum Gasteiger partial charge on any atom is 0.411 e. The topological polar surface area (TPSA) is 78.8 Å². The molecule has 4 aliphatic carbocycles. The predicted molar refractivity (Wildman–Crippen MR) is 170 cm³/mol. The number of carbonyl (C=O) groups is 1. The van der Waals surface area contributed by atoms with Crippen molar-refractivity contribution in [1.82, 2.24) is 0 Å². The summed E-state index contributed by atoms with van der Waals surface area (Å²) in [6, 6.07) is 8.01. The number of aliphatic hydroxyl groups excluding tert-OH is 2. The highest BCUT2D eigenvalue weighted by Gasteiger charge is 2.64. The minimum atomic E-state index is -0.379. The first-order valence-corrected chi connectivity index (χ1v) is 17.2. The van der Waals surface area contributed by atoms with Crippen molar-refractivity contribution in [3.05, 3.63) is 29.8 Å². The number of aliphatic hydroxyl groups is 2. The van der Waals surface area contributed by atoms with Gasteiger partial charge in [-0.25, -0.2) is 4.79 Å². The summed E-state index contributed by atoms with van der Waals surface area (Å²) in [5.74, 6) is 3.55. The fourth-order valence-corrected chi connectivity index (χ4v) is 10.9. The fourth-order valence-electron chi connectivity index (χ4n) is 10.9. The number of hydrogen-bond donors (Lipinski definition) is 3. The van der Waals surface area contributed by atoms with Crippen molar-refractivity contribution in [3.8, 4) is 0 Å². The third kappa shape index (κ3) is 5.78. The van der Waals surface area contributed by atoms with Crippen LogP contribution in [0.5, 0.6) is 0 Å². The Morgan fingerprint density at radius 3 is 2.33 bits per heavy atom. The Morgan fingerprint density at radius 1 is 1.00 bits per heavy atom. The highest BCUT2D eigenvalue weighted by molar-refractivity contribution is 5.84. The summed E-state index contributed by atoms with van der Waals surface area (Å²) in [7, 11) is 0. The van der Waals surface area contributed by atoms with Crippen LogP contribution >= 0.6 is 0 Å². The SMILES string of the molecule is CC[C@H]1[C@@H](O)[C@@H]2[C@H](CC[C@]3(C)[C@@H]([C@H](C)CCCOC(=O)Nc4ccc(C(C)(C)C)cc4)CC[C@@H]23)[C@@]2(C)CC[C@@H](O)C[C@@H]12. The summed E-state index contributed by atoms with van der Waals surface area (Å²) in [6.07, 6.45) is 10.0. The normalized spacial score (nSPS) is 40.4. The third-order valence-corrected chi connectivity index (χ3v) is 13.2. The lowest BCUT2D eigenvalue weighted by molar-refractivity contribution is -0.203. The molecule has 0 radical (unpaired) electrons. The van der Waals surface area contributed by atoms with Crippen LogP contribution in [-0.4, -0.2) is 35.1 Å². The number of carbonyl (C=O) groups excluding carboxylic acids is 1. The molecule has 5 rings (SSSR count). The van der Waals surface area contributed by atoms with Crippen LogP contribution in [0.25, 0.3) is 0 Å². The monoisotopic (exact) mass is 581 g/mol. The van der Waals surface area contributed by atoms with E-state index in [4.69, 9.17) is 4.74 Å². The van der Waals surface area contributed by atoms with Gasteiger partial charge in [0, 0.05) is 5.69 Å². The highest BCUT2D eigenvalue weighted by Crippen LogP contribution is 2.69. The van der Waals surface area contributed by atoms with Gasteiger partial charge in [0.2, 0.25) is 0 Å². The summed E-state index contributed by atoms with van der Waals surface area (Å²) in [4.78, 5) is 12.4. The number of amides is 1. The van der Waals surface area contributed by atoms with E-state index >= 15 is 0 Å². The standard InChI is InChI=1S/C37H59NO4/c1-8-27-31-22-26(39)17-19-37(31,7)30-18-20-36(6)28(15-16-29(36)32(30)33(27)40)23(2)10-9-21-42-34(41)38-25-13-11-24(12-14-25)35(3,4)5/h11-14,23,26-33,39-40H,8-10,15-22H2,1-7H3,(H,38,41)/t23-,26-,27-,28-,29+,30+,31+,32+,33-,36-,37-/m1/s1. The van der Waals surface area contributed by atoms with Crippen LogP contribution < -0.4 is 5.32 Å². The Balaban J connectivity index is 1.16. The van der Waals surface area contributed by atoms with Crippen molar-refractivity contribution in [1.29, 1.82) is 0 Å². The molecule has 1 amide bonds. The minimum absolute atomic E-state index is 0.0840. The number of fused-ring (bicyclic) bond motifs is 5. The number of rotatable bonds is 7. The van der Waals surface area contributed by atoms with Crippen LogP contribution in [0.15, 0.2) is 24.3 Å². The Labute approximate surface area is 255 Å². The molecule has 0 bridgehead atoms. The molecule has 1 aromatic carbocycles. The van der Waals surface area contributed by atoms with Gasteiger partial charge in [-0.2, -0.15) is 0 Å². The van der Waals surface area contributed by atoms with Gasteiger partial charge in [0.05, 0.1) is 18.8 Å². The molecule has 4 saturated carbocycles. The van der Waals surface area contributed by atoms with Crippen LogP contribution in [0.4, 0.5) is 10.5 Å². The molecule has 5 heteroatoms. The van der Waals surface area contributed by atoms with E-state index in [0.29, 0.717) is 48.0 Å². The molecule has 0 saturated heterocycles. The van der Waals surface area contributed by atoms with Crippen molar-refractivity contribution in [2.75, 3.05) is 11.9 Å². The Bertz CT molecular complexity index is 1080. The van der Waals surface area contributed by atoms with Crippen molar-refractivity contribution >= 4 is 11.8 Å². The predicted octanol–water partition coefficient (Wildman–Crippen LogP) is 8.58. The van der Waals surface area contributed by atoms with Gasteiger partial charge in [-0.3, -0.25) is 5.32 Å². The molecule has 1 aromatic rings. The molecular weight excluding hydrogens is 522 g/mol. The van der Waals surface area contributed by atoms with Gasteiger partial charge < -0.3 is 14.9 Å². The van der Waals surface area contributed by atoms with E-state index in [0.717, 1.165) is 44.2 Å². The first kappa shape index (κ1) is 31.8. The van der Waals surface area contributed by atoms with Gasteiger partial charge in [0.1, 0.15) is 0 Å². The van der Waals surface area contributed by atoms with E-state index in [2.05, 4.69) is 65.9 Å². The summed E-state index contributed by atoms with van der Waals surface area (Å²) in [5.41, 5.74) is 2.61. The van der Waals surface area contributed by atoms with Gasteiger partial charge >= 0.3 is 6.09 Å². The minimum Gasteiger partial charge on any atom is -0.449 e. The lowest BCUT2D eigenvalue weighted by Crippen LogP contribution is -2.62. The summed E-state index contributed by atoms with van der Waals surface area (Å²) >= 11 is 0. The summed E-state index contributed by atoms with van der Waals surface area (Å²) in [6.45, 7) is 16.7. The second-order valence-corrected chi connectivity index (χ2v) is 16.3. The molecule has 0 unspecified atom stereocenters. The van der Waals surface area contributed by atoms with E-state index < -0.39 is 0 Å². The van der Waals surface area contributed by atoms with Crippen LogP contribution in [-0.2, 0) is 10.2 Å². The van der Waals surface area contributed by atoms with Gasteiger partial charge in [-0.1, -0.05) is 67.0 Å². The van der Waals surface area contributed by atoms with Gasteiger partial charge in [0.15, 0.2) is 0 Å². The van der Waals surface area contributed by atoms with E-state index in [1.54, 1.807) is 0 Å². The van der Waals surface area contributed by atoms with Crippen molar-refractivity contribution in [2.24, 2.45) is 52.3 Å². The maximum atomic E-state index is 12.4. The van der Waals surface area contributed by atoms with Crippen molar-refractivity contribution < 1.29 is 19.7 Å². The third-order valence-electron chi connectivity index (χ3n) is 13.2. The van der Waals surface area contributed by atoms with Crippen LogP contribution in [0.1, 0.15) is 118 Å². The van der Waals surface area contributed by atoms with Crippen LogP contribution in [0.2, 0.25) is 0 Å². The van der Waals surface area contributed by atoms with Gasteiger partial charge in [-0.15, -0.1) is 0 Å². The lowest BCUT2D eigenvalue weighted by Gasteiger charge is -2.64. The zero-order valence-corrected chi connectivity index (χ0v) is 27.5. The second-order valence-electron chi connectivity index (χ2n) is 16.3. The van der Waals surface area contributed by atoms with E-state index in [9.17, 15) is 15.0 Å².